The van der Waals surface area contributed by atoms with E-state index in [1.165, 1.54) is 0 Å². The van der Waals surface area contributed by atoms with Crippen molar-refractivity contribution < 1.29 is 9.59 Å². The van der Waals surface area contributed by atoms with Gasteiger partial charge in [-0.3, -0.25) is 21.3 Å². The zero-order chi connectivity index (χ0) is 20.1. The first-order chi connectivity index (χ1) is 12.1. The van der Waals surface area contributed by atoms with Gasteiger partial charge in [0, 0.05) is 29.8 Å². The number of carbonyl (C=O) groups is 2. The third-order valence-corrected chi connectivity index (χ3v) is 5.70. The van der Waals surface area contributed by atoms with Gasteiger partial charge in [0.1, 0.15) is 0 Å². The topological polar surface area (TPSA) is 86.2 Å². The maximum absolute atomic E-state index is 13.0. The highest BCUT2D eigenvalue weighted by Crippen LogP contribution is 2.30. The first-order valence-electron chi connectivity index (χ1n) is 7.75. The van der Waals surface area contributed by atoms with Crippen molar-refractivity contribution in [1.29, 1.82) is 0 Å². The summed E-state index contributed by atoms with van der Waals surface area (Å²) in [6.07, 6.45) is 0. The van der Waals surface area contributed by atoms with E-state index in [9.17, 15) is 9.59 Å². The van der Waals surface area contributed by atoms with Gasteiger partial charge in [-0.25, -0.2) is 0 Å². The molecule has 0 saturated carbocycles. The lowest BCUT2D eigenvalue weighted by Crippen LogP contribution is -2.27. The first-order valence-corrected chi connectivity index (χ1v) is 12.6. The molecule has 2 aromatic rings. The van der Waals surface area contributed by atoms with Crippen molar-refractivity contribution in [1.82, 2.24) is 0 Å². The van der Waals surface area contributed by atoms with Crippen LogP contribution in [-0.2, 0) is 6.04 Å². The molecule has 0 unspecified atom stereocenters. The molecule has 148 valence electrons. The second kappa shape index (κ2) is 11.2. The van der Waals surface area contributed by atoms with Gasteiger partial charge in [-0.15, -0.1) is 12.4 Å². The molecule has 0 atom stereocenters. The third-order valence-electron chi connectivity index (χ3n) is 3.51. The molecule has 9 heteroatoms. The predicted molar refractivity (Wildman–Crippen MR) is 119 cm³/mol. The molecule has 0 spiro atoms. The normalized spacial score (nSPS) is 10.4. The SMILES string of the molecule is C[Si](C)(C)Cc1c(C(=O)Cl)ccc(Cl)c1C(=O)c1ccc(Cl)cc1.Cl.NN. The number of hydrogen-bond acceptors (Lipinski definition) is 4. The molecule has 0 fully saturated rings. The summed E-state index contributed by atoms with van der Waals surface area (Å²) >= 11 is 17.9. The fraction of sp³-hybridized carbons (Fsp3) is 0.222. The van der Waals surface area contributed by atoms with E-state index >= 15 is 0 Å². The average molecular weight is 468 g/mol. The van der Waals surface area contributed by atoms with Crippen molar-refractivity contribution in [2.75, 3.05) is 0 Å². The Morgan fingerprint density at radius 2 is 1.48 bits per heavy atom. The molecule has 0 aromatic heterocycles. The summed E-state index contributed by atoms with van der Waals surface area (Å²) in [5, 5.41) is 0.291. The van der Waals surface area contributed by atoms with Crippen LogP contribution in [-0.4, -0.2) is 19.1 Å². The number of nitrogens with two attached hydrogens (primary N) is 2. The predicted octanol–water partition coefficient (Wildman–Crippen LogP) is 5.26. The smallest absolute Gasteiger partial charge is 0.252 e. The minimum Gasteiger partial charge on any atom is -0.289 e. The first kappa shape index (κ1) is 26.1. The molecule has 2 aromatic carbocycles. The molecule has 0 aliphatic heterocycles. The Kier molecular flexibility index (Phi) is 10.8. The van der Waals surface area contributed by atoms with Crippen LogP contribution in [0.3, 0.4) is 0 Å². The minimum atomic E-state index is -1.63. The summed E-state index contributed by atoms with van der Waals surface area (Å²) in [4.78, 5) is 24.8. The van der Waals surface area contributed by atoms with E-state index in [4.69, 9.17) is 34.8 Å². The van der Waals surface area contributed by atoms with Gasteiger partial charge in [0.05, 0.1) is 5.02 Å². The zero-order valence-corrected chi connectivity index (χ0v) is 19.3. The van der Waals surface area contributed by atoms with Crippen molar-refractivity contribution >= 4 is 66.3 Å². The van der Waals surface area contributed by atoms with E-state index in [0.29, 0.717) is 38.3 Å². The second-order valence-corrected chi connectivity index (χ2v) is 13.5. The van der Waals surface area contributed by atoms with Crippen LogP contribution < -0.4 is 11.7 Å². The summed E-state index contributed by atoms with van der Waals surface area (Å²) in [7, 11) is -1.63. The van der Waals surface area contributed by atoms with Crippen LogP contribution in [0.25, 0.3) is 0 Å². The van der Waals surface area contributed by atoms with E-state index in [-0.39, 0.29) is 18.2 Å². The highest BCUT2D eigenvalue weighted by atomic mass is 35.5. The number of halogens is 4. The van der Waals surface area contributed by atoms with Crippen LogP contribution in [0.15, 0.2) is 36.4 Å². The Labute approximate surface area is 181 Å². The molecule has 4 N–H and O–H groups in total. The van der Waals surface area contributed by atoms with Crippen LogP contribution in [0.4, 0.5) is 0 Å². The van der Waals surface area contributed by atoms with Crippen LogP contribution in [0.1, 0.15) is 31.8 Å². The molecule has 0 bridgehead atoms. The van der Waals surface area contributed by atoms with Crippen LogP contribution in [0, 0.1) is 0 Å². The molecule has 0 radical (unpaired) electrons. The van der Waals surface area contributed by atoms with Gasteiger partial charge >= 0.3 is 0 Å². The van der Waals surface area contributed by atoms with Crippen LogP contribution >= 0.6 is 47.2 Å². The summed E-state index contributed by atoms with van der Waals surface area (Å²) in [5.74, 6) is 7.77. The van der Waals surface area contributed by atoms with E-state index in [1.807, 2.05) is 0 Å². The Morgan fingerprint density at radius 1 is 0.963 bits per heavy atom. The average Bonchev–Trinajstić information content (AvgIpc) is 2.55. The number of hydrazine groups is 1. The number of carbonyl (C=O) groups excluding carboxylic acids is 2. The Bertz CT molecular complexity index is 806. The monoisotopic (exact) mass is 466 g/mol. The largest absolute Gasteiger partial charge is 0.289 e. The molecule has 0 heterocycles. The Balaban J connectivity index is 0.00000218. The molecule has 0 amide bonds. The molecule has 4 nitrogen and oxygen atoms in total. The zero-order valence-electron chi connectivity index (χ0n) is 15.2. The van der Waals surface area contributed by atoms with E-state index in [1.54, 1.807) is 36.4 Å². The molecular weight excluding hydrogens is 446 g/mol. The summed E-state index contributed by atoms with van der Waals surface area (Å²) in [5.41, 5.74) is 1.81. The van der Waals surface area contributed by atoms with Crippen LogP contribution in [0.5, 0.6) is 0 Å². The molecule has 0 aliphatic rings. The Hall–Kier alpha value is -0.923. The van der Waals surface area contributed by atoms with Crippen molar-refractivity contribution in [3.63, 3.8) is 0 Å². The van der Waals surface area contributed by atoms with E-state index < -0.39 is 13.3 Å². The minimum absolute atomic E-state index is 0. The van der Waals surface area contributed by atoms with E-state index in [2.05, 4.69) is 31.3 Å². The number of hydrogen-bond donors (Lipinski definition) is 2. The fourth-order valence-electron chi connectivity index (χ4n) is 2.51. The quantitative estimate of drug-likeness (QED) is 0.206. The van der Waals surface area contributed by atoms with E-state index in [0.717, 1.165) is 0 Å². The lowest BCUT2D eigenvalue weighted by molar-refractivity contribution is 0.103. The lowest BCUT2D eigenvalue weighted by atomic mass is 9.95. The summed E-state index contributed by atoms with van der Waals surface area (Å²) < 4.78 is 0. The summed E-state index contributed by atoms with van der Waals surface area (Å²) in [6.45, 7) is 6.48. The van der Waals surface area contributed by atoms with Crippen molar-refractivity contribution in [3.8, 4) is 0 Å². The number of ketones is 1. The second-order valence-electron chi connectivity index (χ2n) is 6.80. The fourth-order valence-corrected chi connectivity index (χ4v) is 4.50. The van der Waals surface area contributed by atoms with Crippen molar-refractivity contribution in [2.45, 2.75) is 25.7 Å². The standard InChI is InChI=1S/C18H17Cl3O2Si.ClH.H4N2/c1-24(2,3)10-14-13(18(21)23)8-9-15(20)16(14)17(22)11-4-6-12(19)7-5-11;;1-2/h4-9H,10H2,1-3H3;1H;1-2H2. The number of rotatable bonds is 5. The molecule has 2 rings (SSSR count). The van der Waals surface area contributed by atoms with Crippen LogP contribution in [0.2, 0.25) is 29.7 Å². The highest BCUT2D eigenvalue weighted by Gasteiger charge is 2.26. The molecule has 0 saturated heterocycles. The van der Waals surface area contributed by atoms with Gasteiger partial charge in [-0.1, -0.05) is 42.8 Å². The van der Waals surface area contributed by atoms with Gasteiger partial charge in [0.15, 0.2) is 5.78 Å². The summed E-state index contributed by atoms with van der Waals surface area (Å²) in [6, 6.07) is 10.4. The molecule has 27 heavy (non-hydrogen) atoms. The van der Waals surface area contributed by atoms with Gasteiger partial charge in [-0.05, 0) is 59.6 Å². The number of benzene rings is 2. The Morgan fingerprint density at radius 3 is 1.93 bits per heavy atom. The molecule has 0 aliphatic carbocycles. The maximum Gasteiger partial charge on any atom is 0.252 e. The van der Waals surface area contributed by atoms with Gasteiger partial charge in [0.25, 0.3) is 5.24 Å². The van der Waals surface area contributed by atoms with Crippen molar-refractivity contribution in [3.05, 3.63) is 68.7 Å². The third kappa shape index (κ3) is 7.20. The molecular formula is C18H22Cl4N2O2Si. The highest BCUT2D eigenvalue weighted by molar-refractivity contribution is 6.76. The van der Waals surface area contributed by atoms with Gasteiger partial charge in [-0.2, -0.15) is 0 Å². The maximum atomic E-state index is 13.0. The lowest BCUT2D eigenvalue weighted by Gasteiger charge is -2.21. The van der Waals surface area contributed by atoms with Gasteiger partial charge in [0.2, 0.25) is 0 Å². The van der Waals surface area contributed by atoms with Crippen molar-refractivity contribution in [2.24, 2.45) is 11.7 Å². The van der Waals surface area contributed by atoms with Gasteiger partial charge < -0.3 is 0 Å².